The molecular formula is C29H21ClF3N7O5S. The van der Waals surface area contributed by atoms with Gasteiger partial charge in [-0.3, -0.25) is 14.5 Å². The van der Waals surface area contributed by atoms with Gasteiger partial charge in [-0.2, -0.15) is 18.2 Å². The van der Waals surface area contributed by atoms with Gasteiger partial charge < -0.3 is 20.5 Å². The number of sulfonamides is 1. The average molecular weight is 672 g/mol. The summed E-state index contributed by atoms with van der Waals surface area (Å²) in [5.41, 5.74) is -0.335. The van der Waals surface area contributed by atoms with E-state index >= 15 is 0 Å². The SMILES string of the molecule is CS(=O)(=O)Nc1ccc(NC(=O)Nc2cccc(-c3nc(-c4ccc(NC(=O)c5cccnc5)cc4Cl)no3)c2)cc1C(F)(F)F. The van der Waals surface area contributed by atoms with E-state index in [0.717, 1.165) is 18.4 Å². The van der Waals surface area contributed by atoms with E-state index in [0.29, 0.717) is 28.4 Å². The number of nitrogens with one attached hydrogen (secondary N) is 4. The summed E-state index contributed by atoms with van der Waals surface area (Å²) in [6, 6.07) is 16.0. The van der Waals surface area contributed by atoms with E-state index in [9.17, 15) is 31.2 Å². The van der Waals surface area contributed by atoms with Gasteiger partial charge in [0.1, 0.15) is 0 Å². The normalized spacial score (nSPS) is 11.5. The smallest absolute Gasteiger partial charge is 0.334 e. The number of hydrogen-bond acceptors (Lipinski definition) is 8. The van der Waals surface area contributed by atoms with Crippen LogP contribution in [0.15, 0.2) is 89.7 Å². The number of amides is 3. The van der Waals surface area contributed by atoms with Gasteiger partial charge in [0, 0.05) is 40.6 Å². The topological polar surface area (TPSA) is 168 Å². The van der Waals surface area contributed by atoms with Crippen molar-refractivity contribution in [2.45, 2.75) is 6.18 Å². The number of carbonyl (C=O) groups is 2. The summed E-state index contributed by atoms with van der Waals surface area (Å²) in [5.74, 6) is -0.143. The molecule has 3 amide bonds. The lowest BCUT2D eigenvalue weighted by atomic mass is 10.1. The second kappa shape index (κ2) is 12.9. The first-order valence-corrected chi connectivity index (χ1v) is 15.2. The van der Waals surface area contributed by atoms with Crippen LogP contribution in [0.2, 0.25) is 5.02 Å². The molecule has 5 aromatic rings. The van der Waals surface area contributed by atoms with Gasteiger partial charge in [0.2, 0.25) is 15.8 Å². The molecule has 0 bridgehead atoms. The molecule has 236 valence electrons. The Labute approximate surface area is 264 Å². The fraction of sp³-hybridized carbons (Fsp3) is 0.0690. The first-order valence-electron chi connectivity index (χ1n) is 13.0. The van der Waals surface area contributed by atoms with Crippen molar-refractivity contribution in [2.75, 3.05) is 26.9 Å². The highest BCUT2D eigenvalue weighted by molar-refractivity contribution is 7.92. The van der Waals surface area contributed by atoms with E-state index in [1.807, 2.05) is 4.72 Å². The van der Waals surface area contributed by atoms with Crippen molar-refractivity contribution in [1.82, 2.24) is 15.1 Å². The average Bonchev–Trinajstić information content (AvgIpc) is 3.47. The van der Waals surface area contributed by atoms with Crippen LogP contribution in [0.3, 0.4) is 0 Å². The van der Waals surface area contributed by atoms with Crippen molar-refractivity contribution in [1.29, 1.82) is 0 Å². The fourth-order valence-corrected chi connectivity index (χ4v) is 4.94. The molecule has 4 N–H and O–H groups in total. The molecule has 0 unspecified atom stereocenters. The van der Waals surface area contributed by atoms with Gasteiger partial charge in [-0.1, -0.05) is 22.8 Å². The molecule has 0 spiro atoms. The van der Waals surface area contributed by atoms with Gasteiger partial charge in [-0.05, 0) is 66.7 Å². The molecule has 0 atom stereocenters. The van der Waals surface area contributed by atoms with Crippen LogP contribution in [0, 0.1) is 0 Å². The number of carbonyl (C=O) groups excluding carboxylic acids is 2. The summed E-state index contributed by atoms with van der Waals surface area (Å²) in [6.07, 6.45) is -1.20. The zero-order valence-corrected chi connectivity index (χ0v) is 25.0. The van der Waals surface area contributed by atoms with E-state index < -0.39 is 33.5 Å². The predicted octanol–water partition coefficient (Wildman–Crippen LogP) is 6.74. The molecule has 2 heterocycles. The molecule has 0 saturated heterocycles. The van der Waals surface area contributed by atoms with Crippen molar-refractivity contribution in [2.24, 2.45) is 0 Å². The monoisotopic (exact) mass is 671 g/mol. The Morgan fingerprint density at radius 2 is 1.61 bits per heavy atom. The summed E-state index contributed by atoms with van der Waals surface area (Å²) in [6.45, 7) is 0. The third-order valence-corrected chi connectivity index (χ3v) is 6.97. The highest BCUT2D eigenvalue weighted by Crippen LogP contribution is 2.37. The fourth-order valence-electron chi connectivity index (χ4n) is 4.09. The Morgan fingerprint density at radius 1 is 0.891 bits per heavy atom. The molecule has 3 aromatic carbocycles. The van der Waals surface area contributed by atoms with Crippen LogP contribution in [-0.2, 0) is 16.2 Å². The summed E-state index contributed by atoms with van der Waals surface area (Å²) in [4.78, 5) is 33.3. The molecule has 17 heteroatoms. The molecule has 0 aliphatic heterocycles. The van der Waals surface area contributed by atoms with Gasteiger partial charge in [0.05, 0.1) is 28.1 Å². The second-order valence-electron chi connectivity index (χ2n) is 9.61. The number of hydrogen-bond donors (Lipinski definition) is 4. The van der Waals surface area contributed by atoms with Crippen molar-refractivity contribution in [3.8, 4) is 22.8 Å². The first-order chi connectivity index (χ1) is 21.7. The number of rotatable bonds is 8. The zero-order chi connectivity index (χ0) is 33.1. The Balaban J connectivity index is 1.27. The van der Waals surface area contributed by atoms with Crippen LogP contribution in [0.25, 0.3) is 22.8 Å². The highest BCUT2D eigenvalue weighted by atomic mass is 35.5. The molecule has 0 aliphatic carbocycles. The first kappa shape index (κ1) is 31.9. The Hall–Kier alpha value is -5.48. The number of aromatic nitrogens is 3. The maximum absolute atomic E-state index is 13.5. The van der Waals surface area contributed by atoms with Crippen LogP contribution >= 0.6 is 11.6 Å². The van der Waals surface area contributed by atoms with Crippen LogP contribution in [0.4, 0.5) is 40.7 Å². The number of urea groups is 1. The standard InChI is InChI=1S/C29H21ClF3N7O5S/c1-46(43,44)40-24-10-8-19(13-22(24)29(31,32)33)37-28(42)36-18-6-2-4-16(12-18)27-38-25(39-45-27)21-9-7-20(14-23(21)30)35-26(41)17-5-3-11-34-15-17/h2-15,40H,1H3,(H,35,41)(H2,36,37,42). The Bertz CT molecular complexity index is 2040. The molecule has 12 nitrogen and oxygen atoms in total. The summed E-state index contributed by atoms with van der Waals surface area (Å²) >= 11 is 6.44. The van der Waals surface area contributed by atoms with Crippen LogP contribution in [0.1, 0.15) is 15.9 Å². The van der Waals surface area contributed by atoms with E-state index in [4.69, 9.17) is 16.1 Å². The second-order valence-corrected chi connectivity index (χ2v) is 11.8. The number of alkyl halides is 3. The molecule has 2 aromatic heterocycles. The minimum atomic E-state index is -4.90. The third kappa shape index (κ3) is 7.96. The third-order valence-electron chi connectivity index (χ3n) is 6.06. The van der Waals surface area contributed by atoms with E-state index in [1.54, 1.807) is 42.6 Å². The lowest BCUT2D eigenvalue weighted by Crippen LogP contribution is -2.20. The lowest BCUT2D eigenvalue weighted by molar-refractivity contribution is -0.136. The summed E-state index contributed by atoms with van der Waals surface area (Å²) in [7, 11) is -3.98. The molecule has 0 fully saturated rings. The van der Waals surface area contributed by atoms with Gasteiger partial charge in [-0.25, -0.2) is 13.2 Å². The van der Waals surface area contributed by atoms with Crippen molar-refractivity contribution in [3.63, 3.8) is 0 Å². The summed E-state index contributed by atoms with van der Waals surface area (Å²) < 4.78 is 70.7. The van der Waals surface area contributed by atoms with Crippen LogP contribution in [-0.4, -0.2) is 41.7 Å². The number of anilines is 4. The quantitative estimate of drug-likeness (QED) is 0.141. The minimum absolute atomic E-state index is 0.0767. The molecule has 5 rings (SSSR count). The van der Waals surface area contributed by atoms with Crippen molar-refractivity contribution in [3.05, 3.63) is 101 Å². The van der Waals surface area contributed by atoms with Gasteiger partial charge in [0.15, 0.2) is 0 Å². The maximum atomic E-state index is 13.5. The maximum Gasteiger partial charge on any atom is 0.418 e. The van der Waals surface area contributed by atoms with Gasteiger partial charge >= 0.3 is 12.2 Å². The Kier molecular flexibility index (Phi) is 8.93. The number of nitrogens with zero attached hydrogens (tertiary/aromatic N) is 3. The number of halogens is 4. The van der Waals surface area contributed by atoms with E-state index in [1.165, 1.54) is 24.4 Å². The van der Waals surface area contributed by atoms with E-state index in [-0.39, 0.29) is 34.0 Å². The van der Waals surface area contributed by atoms with Crippen LogP contribution in [0.5, 0.6) is 0 Å². The molecule has 0 aliphatic rings. The molecule has 46 heavy (non-hydrogen) atoms. The minimum Gasteiger partial charge on any atom is -0.334 e. The van der Waals surface area contributed by atoms with Crippen LogP contribution < -0.4 is 20.7 Å². The molecule has 0 saturated carbocycles. The zero-order valence-electron chi connectivity index (χ0n) is 23.4. The number of benzene rings is 3. The molecular weight excluding hydrogens is 651 g/mol. The highest BCUT2D eigenvalue weighted by Gasteiger charge is 2.34. The predicted molar refractivity (Wildman–Crippen MR) is 165 cm³/mol. The molecule has 0 radical (unpaired) electrons. The largest absolute Gasteiger partial charge is 0.418 e. The van der Waals surface area contributed by atoms with Crippen molar-refractivity contribution >= 4 is 56.3 Å². The summed E-state index contributed by atoms with van der Waals surface area (Å²) in [5, 5.41) is 11.7. The van der Waals surface area contributed by atoms with Gasteiger partial charge in [0.25, 0.3) is 11.8 Å². The lowest BCUT2D eigenvalue weighted by Gasteiger charge is -2.16. The van der Waals surface area contributed by atoms with E-state index in [2.05, 4.69) is 31.1 Å². The number of pyridine rings is 1. The Morgan fingerprint density at radius 3 is 2.28 bits per heavy atom. The van der Waals surface area contributed by atoms with Gasteiger partial charge in [-0.15, -0.1) is 0 Å². The van der Waals surface area contributed by atoms with Crippen molar-refractivity contribution < 1.29 is 35.7 Å².